The SMILES string of the molecule is CCC(CO)(CI)COCCOCCO. The summed E-state index contributed by atoms with van der Waals surface area (Å²) in [5, 5.41) is 17.7. The highest BCUT2D eigenvalue weighted by atomic mass is 127. The molecule has 1 unspecified atom stereocenters. The Balaban J connectivity index is 3.54. The minimum atomic E-state index is -0.114. The van der Waals surface area contributed by atoms with Crippen molar-refractivity contribution < 1.29 is 19.7 Å². The van der Waals surface area contributed by atoms with E-state index in [0.717, 1.165) is 10.8 Å². The van der Waals surface area contributed by atoms with Crippen LogP contribution >= 0.6 is 22.6 Å². The van der Waals surface area contributed by atoms with Crippen LogP contribution < -0.4 is 0 Å². The lowest BCUT2D eigenvalue weighted by Crippen LogP contribution is -2.32. The second-order valence-electron chi connectivity index (χ2n) is 3.53. The van der Waals surface area contributed by atoms with E-state index in [0.29, 0.717) is 26.4 Å². The highest BCUT2D eigenvalue weighted by Gasteiger charge is 2.26. The van der Waals surface area contributed by atoms with Gasteiger partial charge in [-0.2, -0.15) is 0 Å². The Morgan fingerprint density at radius 3 is 2.27 bits per heavy atom. The Morgan fingerprint density at radius 1 is 1.13 bits per heavy atom. The fourth-order valence-corrected chi connectivity index (χ4v) is 2.01. The van der Waals surface area contributed by atoms with Gasteiger partial charge in [0.15, 0.2) is 0 Å². The Kier molecular flexibility index (Phi) is 10.1. The number of aliphatic hydroxyl groups excluding tert-OH is 2. The molecule has 92 valence electrons. The second kappa shape index (κ2) is 9.77. The molecule has 0 heterocycles. The molecule has 0 spiro atoms. The van der Waals surface area contributed by atoms with E-state index in [1.807, 2.05) is 0 Å². The molecule has 0 fully saturated rings. The van der Waals surface area contributed by atoms with Crippen LogP contribution in [0.25, 0.3) is 0 Å². The van der Waals surface area contributed by atoms with Gasteiger partial charge in [-0.15, -0.1) is 0 Å². The van der Waals surface area contributed by atoms with Crippen molar-refractivity contribution in [3.63, 3.8) is 0 Å². The quantitative estimate of drug-likeness (QED) is 0.354. The number of rotatable bonds is 10. The summed E-state index contributed by atoms with van der Waals surface area (Å²) in [6.07, 6.45) is 0.907. The van der Waals surface area contributed by atoms with Crippen LogP contribution in [0, 0.1) is 5.41 Å². The summed E-state index contributed by atoms with van der Waals surface area (Å²) in [7, 11) is 0. The van der Waals surface area contributed by atoms with Gasteiger partial charge in [-0.25, -0.2) is 0 Å². The lowest BCUT2D eigenvalue weighted by Gasteiger charge is -2.27. The maximum absolute atomic E-state index is 9.27. The first-order valence-electron chi connectivity index (χ1n) is 5.18. The first-order valence-corrected chi connectivity index (χ1v) is 6.70. The predicted molar refractivity (Wildman–Crippen MR) is 67.4 cm³/mol. The van der Waals surface area contributed by atoms with E-state index in [1.165, 1.54) is 0 Å². The molecule has 0 rings (SSSR count). The zero-order valence-electron chi connectivity index (χ0n) is 9.25. The molecule has 2 N–H and O–H groups in total. The summed E-state index contributed by atoms with van der Waals surface area (Å²) < 4.78 is 11.4. The standard InChI is InChI=1S/C10H21IO4/c1-2-10(7-11,8-13)9-15-6-5-14-4-3-12/h12-13H,2-9H2,1H3. The van der Waals surface area contributed by atoms with Gasteiger partial charge < -0.3 is 19.7 Å². The van der Waals surface area contributed by atoms with Crippen LogP contribution in [0.4, 0.5) is 0 Å². The number of halogens is 1. The lowest BCUT2D eigenvalue weighted by atomic mass is 9.90. The Bertz CT molecular complexity index is 131. The molecular weight excluding hydrogens is 311 g/mol. The highest BCUT2D eigenvalue weighted by Crippen LogP contribution is 2.24. The van der Waals surface area contributed by atoms with Gasteiger partial charge in [0.05, 0.1) is 39.6 Å². The van der Waals surface area contributed by atoms with Crippen molar-refractivity contribution in [2.24, 2.45) is 5.41 Å². The number of ether oxygens (including phenoxy) is 2. The molecule has 15 heavy (non-hydrogen) atoms. The average Bonchev–Trinajstić information content (AvgIpc) is 2.29. The van der Waals surface area contributed by atoms with Crippen LogP contribution in [0.5, 0.6) is 0 Å². The van der Waals surface area contributed by atoms with Gasteiger partial charge in [-0.05, 0) is 6.42 Å². The van der Waals surface area contributed by atoms with Crippen LogP contribution in [0.15, 0.2) is 0 Å². The van der Waals surface area contributed by atoms with Crippen molar-refractivity contribution in [1.29, 1.82) is 0 Å². The summed E-state index contributed by atoms with van der Waals surface area (Å²) >= 11 is 2.27. The number of hydrogen-bond acceptors (Lipinski definition) is 4. The largest absolute Gasteiger partial charge is 0.396 e. The zero-order valence-corrected chi connectivity index (χ0v) is 11.4. The molecule has 0 amide bonds. The second-order valence-corrected chi connectivity index (χ2v) is 4.30. The van der Waals surface area contributed by atoms with Crippen molar-refractivity contribution in [2.45, 2.75) is 13.3 Å². The Labute approximate surface area is 105 Å². The van der Waals surface area contributed by atoms with Gasteiger partial charge >= 0.3 is 0 Å². The molecule has 0 aliphatic rings. The van der Waals surface area contributed by atoms with Crippen LogP contribution in [0.1, 0.15) is 13.3 Å². The third-order valence-electron chi connectivity index (χ3n) is 2.38. The van der Waals surface area contributed by atoms with Crippen molar-refractivity contribution in [1.82, 2.24) is 0 Å². The fourth-order valence-electron chi connectivity index (χ4n) is 1.01. The van der Waals surface area contributed by atoms with Crippen molar-refractivity contribution in [2.75, 3.05) is 44.1 Å². The van der Waals surface area contributed by atoms with Crippen molar-refractivity contribution >= 4 is 22.6 Å². The number of aliphatic hydroxyl groups is 2. The molecular formula is C10H21IO4. The molecule has 4 nitrogen and oxygen atoms in total. The molecule has 0 bridgehead atoms. The smallest absolute Gasteiger partial charge is 0.0701 e. The molecule has 0 aromatic rings. The first-order chi connectivity index (χ1) is 7.24. The molecule has 0 aliphatic heterocycles. The van der Waals surface area contributed by atoms with Gasteiger partial charge in [0, 0.05) is 9.84 Å². The van der Waals surface area contributed by atoms with Gasteiger partial charge in [0.2, 0.25) is 0 Å². The molecule has 0 aliphatic carbocycles. The van der Waals surface area contributed by atoms with E-state index in [1.54, 1.807) is 0 Å². The van der Waals surface area contributed by atoms with E-state index >= 15 is 0 Å². The maximum atomic E-state index is 9.27. The summed E-state index contributed by atoms with van der Waals surface area (Å²) in [6, 6.07) is 0. The number of alkyl halides is 1. The monoisotopic (exact) mass is 332 g/mol. The Morgan fingerprint density at radius 2 is 1.80 bits per heavy atom. The van der Waals surface area contributed by atoms with E-state index in [2.05, 4.69) is 29.5 Å². The number of hydrogen-bond donors (Lipinski definition) is 2. The minimum Gasteiger partial charge on any atom is -0.396 e. The third kappa shape index (κ3) is 6.68. The van der Waals surface area contributed by atoms with E-state index in [-0.39, 0.29) is 18.6 Å². The van der Waals surface area contributed by atoms with Crippen molar-refractivity contribution in [3.8, 4) is 0 Å². The van der Waals surface area contributed by atoms with E-state index in [9.17, 15) is 5.11 Å². The summed E-state index contributed by atoms with van der Waals surface area (Å²) in [5.41, 5.74) is -0.114. The maximum Gasteiger partial charge on any atom is 0.0701 e. The third-order valence-corrected chi connectivity index (χ3v) is 4.00. The van der Waals surface area contributed by atoms with Gasteiger partial charge in [0.1, 0.15) is 0 Å². The molecule has 0 aromatic carbocycles. The van der Waals surface area contributed by atoms with E-state index in [4.69, 9.17) is 14.6 Å². The highest BCUT2D eigenvalue weighted by molar-refractivity contribution is 14.1. The minimum absolute atomic E-state index is 0.0449. The zero-order chi connectivity index (χ0) is 11.6. The molecule has 0 saturated heterocycles. The fraction of sp³-hybridized carbons (Fsp3) is 1.00. The van der Waals surface area contributed by atoms with Crippen LogP contribution in [0.2, 0.25) is 0 Å². The topological polar surface area (TPSA) is 58.9 Å². The average molecular weight is 332 g/mol. The van der Waals surface area contributed by atoms with Crippen LogP contribution in [-0.4, -0.2) is 54.3 Å². The van der Waals surface area contributed by atoms with Gasteiger partial charge in [0.25, 0.3) is 0 Å². The summed E-state index contributed by atoms with van der Waals surface area (Å²) in [6.45, 7) is 4.18. The van der Waals surface area contributed by atoms with Crippen molar-refractivity contribution in [3.05, 3.63) is 0 Å². The first kappa shape index (κ1) is 15.6. The molecule has 0 saturated carbocycles. The predicted octanol–water partition coefficient (Wildman–Crippen LogP) is 0.836. The lowest BCUT2D eigenvalue weighted by molar-refractivity contribution is -0.0127. The van der Waals surface area contributed by atoms with Crippen LogP contribution in [-0.2, 0) is 9.47 Å². The summed E-state index contributed by atoms with van der Waals surface area (Å²) in [5.74, 6) is 0. The van der Waals surface area contributed by atoms with Crippen LogP contribution in [0.3, 0.4) is 0 Å². The molecule has 0 radical (unpaired) electrons. The summed E-state index contributed by atoms with van der Waals surface area (Å²) in [4.78, 5) is 0. The molecule has 5 heteroatoms. The van der Waals surface area contributed by atoms with Gasteiger partial charge in [-0.3, -0.25) is 0 Å². The van der Waals surface area contributed by atoms with Gasteiger partial charge in [-0.1, -0.05) is 29.5 Å². The molecule has 0 aromatic heterocycles. The molecule has 1 atom stereocenters. The van der Waals surface area contributed by atoms with E-state index < -0.39 is 0 Å². The Hall–Kier alpha value is 0.570. The normalized spacial score (nSPS) is 15.2.